The van der Waals surface area contributed by atoms with Crippen LogP contribution in [0.2, 0.25) is 0 Å². The number of fused-ring (bicyclic) bond motifs is 1. The Bertz CT molecular complexity index is 949. The molecule has 1 aliphatic rings. The van der Waals surface area contributed by atoms with Crippen molar-refractivity contribution in [2.24, 2.45) is 0 Å². The Balaban J connectivity index is 0.00000109. The zero-order valence-electron chi connectivity index (χ0n) is 17.8. The summed E-state index contributed by atoms with van der Waals surface area (Å²) < 4.78 is 17.9. The third-order valence-electron chi connectivity index (χ3n) is 5.47. The molecule has 0 radical (unpaired) electrons. The SMILES string of the molecule is CC.COc1ccccc1-c1c[nH]c2ncc(B3OC(C)(C)C(C)(C)O3)cc12. The Hall–Kier alpha value is -2.31. The van der Waals surface area contributed by atoms with E-state index in [1.54, 1.807) is 7.11 Å². The first-order valence-electron chi connectivity index (χ1n) is 9.78. The Morgan fingerprint density at radius 1 is 1.00 bits per heavy atom. The van der Waals surface area contributed by atoms with Gasteiger partial charge in [-0.15, -0.1) is 0 Å². The van der Waals surface area contributed by atoms with Crippen LogP contribution in [0.3, 0.4) is 0 Å². The largest absolute Gasteiger partial charge is 0.496 e. The first-order valence-corrected chi connectivity index (χ1v) is 9.78. The van der Waals surface area contributed by atoms with Gasteiger partial charge >= 0.3 is 7.12 Å². The monoisotopic (exact) mass is 380 g/mol. The van der Waals surface area contributed by atoms with Gasteiger partial charge in [0.25, 0.3) is 0 Å². The van der Waals surface area contributed by atoms with Crippen LogP contribution in [0.4, 0.5) is 0 Å². The molecule has 0 saturated carbocycles. The van der Waals surface area contributed by atoms with Gasteiger partial charge in [-0.2, -0.15) is 0 Å². The van der Waals surface area contributed by atoms with Crippen LogP contribution in [0, 0.1) is 0 Å². The number of nitrogens with zero attached hydrogens (tertiary/aromatic N) is 1. The summed E-state index contributed by atoms with van der Waals surface area (Å²) >= 11 is 0. The summed E-state index contributed by atoms with van der Waals surface area (Å²) in [4.78, 5) is 7.81. The summed E-state index contributed by atoms with van der Waals surface area (Å²) in [5, 5.41) is 1.02. The molecule has 4 rings (SSSR count). The summed E-state index contributed by atoms with van der Waals surface area (Å²) in [6, 6.07) is 10.1. The van der Waals surface area contributed by atoms with Gasteiger partial charge in [0, 0.05) is 34.4 Å². The van der Waals surface area contributed by atoms with Crippen molar-refractivity contribution in [2.45, 2.75) is 52.7 Å². The number of hydrogen-bond donors (Lipinski definition) is 1. The predicted molar refractivity (Wildman–Crippen MR) is 115 cm³/mol. The molecule has 0 atom stereocenters. The molecule has 0 spiro atoms. The number of aromatic amines is 1. The highest BCUT2D eigenvalue weighted by Gasteiger charge is 2.51. The summed E-state index contributed by atoms with van der Waals surface area (Å²) in [6.45, 7) is 12.2. The molecule has 1 aliphatic heterocycles. The second-order valence-corrected chi connectivity index (χ2v) is 7.66. The minimum atomic E-state index is -0.433. The summed E-state index contributed by atoms with van der Waals surface area (Å²) in [5.74, 6) is 0.828. The molecule has 148 valence electrons. The van der Waals surface area contributed by atoms with Crippen molar-refractivity contribution in [3.8, 4) is 16.9 Å². The standard InChI is InChI=1S/C20H23BN2O3.C2H6/c1-19(2)20(3,4)26-21(25-19)13-10-15-16(12-23-18(15)22-11-13)14-8-6-7-9-17(14)24-5;1-2/h6-12H,1-5H3,(H,22,23);1-2H3. The lowest BCUT2D eigenvalue weighted by molar-refractivity contribution is 0.00578. The molecule has 1 saturated heterocycles. The van der Waals surface area contributed by atoms with E-state index in [1.165, 1.54) is 0 Å². The zero-order valence-corrected chi connectivity index (χ0v) is 17.8. The number of nitrogens with one attached hydrogen (secondary N) is 1. The van der Waals surface area contributed by atoms with Crippen molar-refractivity contribution in [3.63, 3.8) is 0 Å². The van der Waals surface area contributed by atoms with Crippen LogP contribution in [-0.4, -0.2) is 35.4 Å². The average molecular weight is 380 g/mol. The molecule has 3 aromatic rings. The number of pyridine rings is 1. The Morgan fingerprint density at radius 3 is 2.29 bits per heavy atom. The summed E-state index contributed by atoms with van der Waals surface area (Å²) in [6.07, 6.45) is 3.77. The van der Waals surface area contributed by atoms with Crippen LogP contribution in [0.5, 0.6) is 5.75 Å². The van der Waals surface area contributed by atoms with E-state index in [4.69, 9.17) is 14.0 Å². The van der Waals surface area contributed by atoms with Crippen LogP contribution in [0.25, 0.3) is 22.2 Å². The summed E-state index contributed by atoms with van der Waals surface area (Å²) in [7, 11) is 1.25. The van der Waals surface area contributed by atoms with Crippen molar-refractivity contribution in [3.05, 3.63) is 42.7 Å². The molecule has 6 heteroatoms. The van der Waals surface area contributed by atoms with E-state index in [2.05, 4.69) is 43.7 Å². The molecule has 0 unspecified atom stereocenters. The maximum absolute atomic E-state index is 6.17. The molecule has 0 aliphatic carbocycles. The van der Waals surface area contributed by atoms with Crippen LogP contribution < -0.4 is 10.2 Å². The normalized spacial score (nSPS) is 17.3. The van der Waals surface area contributed by atoms with E-state index >= 15 is 0 Å². The lowest BCUT2D eigenvalue weighted by Gasteiger charge is -2.32. The van der Waals surface area contributed by atoms with Gasteiger partial charge in [0.05, 0.1) is 18.3 Å². The smallest absolute Gasteiger partial charge is 0.496 e. The number of aromatic nitrogens is 2. The fourth-order valence-electron chi connectivity index (χ4n) is 3.22. The molecule has 3 heterocycles. The molecular formula is C22H29BN2O3. The highest BCUT2D eigenvalue weighted by Crippen LogP contribution is 2.37. The van der Waals surface area contributed by atoms with Crippen molar-refractivity contribution in [2.75, 3.05) is 7.11 Å². The molecule has 2 aromatic heterocycles. The first-order chi connectivity index (χ1) is 13.3. The minimum absolute atomic E-state index is 0.379. The van der Waals surface area contributed by atoms with Crippen molar-refractivity contribution < 1.29 is 14.0 Å². The Kier molecular flexibility index (Phi) is 5.55. The topological polar surface area (TPSA) is 56.4 Å². The van der Waals surface area contributed by atoms with Crippen LogP contribution in [0.1, 0.15) is 41.5 Å². The molecular weight excluding hydrogens is 351 g/mol. The fourth-order valence-corrected chi connectivity index (χ4v) is 3.22. The molecule has 5 nitrogen and oxygen atoms in total. The van der Waals surface area contributed by atoms with Gasteiger partial charge in [0.1, 0.15) is 11.4 Å². The summed E-state index contributed by atoms with van der Waals surface area (Å²) in [5.41, 5.74) is 3.04. The van der Waals surface area contributed by atoms with E-state index in [-0.39, 0.29) is 11.2 Å². The maximum Gasteiger partial charge on any atom is 0.496 e. The van der Waals surface area contributed by atoms with Crippen molar-refractivity contribution in [1.29, 1.82) is 0 Å². The van der Waals surface area contributed by atoms with E-state index in [1.807, 2.05) is 50.5 Å². The van der Waals surface area contributed by atoms with Gasteiger partial charge in [-0.05, 0) is 39.8 Å². The van der Waals surface area contributed by atoms with Crippen LogP contribution >= 0.6 is 0 Å². The van der Waals surface area contributed by atoms with E-state index < -0.39 is 7.12 Å². The van der Waals surface area contributed by atoms with Gasteiger partial charge in [0.15, 0.2) is 0 Å². The number of H-pyrrole nitrogens is 1. The number of hydrogen-bond acceptors (Lipinski definition) is 4. The van der Waals surface area contributed by atoms with Crippen molar-refractivity contribution in [1.82, 2.24) is 9.97 Å². The number of benzene rings is 1. The minimum Gasteiger partial charge on any atom is -0.496 e. The molecule has 1 N–H and O–H groups in total. The Morgan fingerprint density at radius 2 is 1.64 bits per heavy atom. The highest BCUT2D eigenvalue weighted by atomic mass is 16.7. The molecule has 1 fully saturated rings. The van der Waals surface area contributed by atoms with Gasteiger partial charge in [-0.25, -0.2) is 4.98 Å². The second-order valence-electron chi connectivity index (χ2n) is 7.66. The number of ether oxygens (including phenoxy) is 1. The van der Waals surface area contributed by atoms with E-state index in [0.717, 1.165) is 33.4 Å². The lowest BCUT2D eigenvalue weighted by atomic mass is 9.79. The third-order valence-corrected chi connectivity index (χ3v) is 5.47. The first kappa shape index (κ1) is 20.4. The van der Waals surface area contributed by atoms with Gasteiger partial charge in [-0.1, -0.05) is 32.0 Å². The fraction of sp³-hybridized carbons (Fsp3) is 0.409. The zero-order chi connectivity index (χ0) is 20.5. The number of rotatable bonds is 3. The second kappa shape index (κ2) is 7.61. The lowest BCUT2D eigenvalue weighted by Crippen LogP contribution is -2.41. The van der Waals surface area contributed by atoms with Gasteiger partial charge < -0.3 is 19.0 Å². The molecule has 1 aromatic carbocycles. The highest BCUT2D eigenvalue weighted by molar-refractivity contribution is 6.62. The van der Waals surface area contributed by atoms with Crippen LogP contribution in [-0.2, 0) is 9.31 Å². The maximum atomic E-state index is 6.17. The predicted octanol–water partition coefficient (Wildman–Crippen LogP) is 4.56. The van der Waals surface area contributed by atoms with E-state index in [0.29, 0.717) is 0 Å². The van der Waals surface area contributed by atoms with Gasteiger partial charge in [0.2, 0.25) is 0 Å². The third kappa shape index (κ3) is 3.42. The number of para-hydroxylation sites is 1. The molecule has 28 heavy (non-hydrogen) atoms. The Labute approximate surface area is 167 Å². The quantitative estimate of drug-likeness (QED) is 0.677. The average Bonchev–Trinajstić information content (AvgIpc) is 3.20. The van der Waals surface area contributed by atoms with Crippen molar-refractivity contribution >= 4 is 23.6 Å². The van der Waals surface area contributed by atoms with Gasteiger partial charge in [-0.3, -0.25) is 0 Å². The molecule has 0 bridgehead atoms. The van der Waals surface area contributed by atoms with E-state index in [9.17, 15) is 0 Å². The molecule has 0 amide bonds. The number of methoxy groups -OCH3 is 1. The van der Waals surface area contributed by atoms with Crippen LogP contribution in [0.15, 0.2) is 42.7 Å².